The van der Waals surface area contributed by atoms with Crippen molar-refractivity contribution < 1.29 is 9.50 Å². The van der Waals surface area contributed by atoms with Crippen molar-refractivity contribution in [1.82, 2.24) is 15.0 Å². The zero-order valence-electron chi connectivity index (χ0n) is 10.4. The van der Waals surface area contributed by atoms with Gasteiger partial charge in [-0.15, -0.1) is 0 Å². The van der Waals surface area contributed by atoms with E-state index in [1.807, 2.05) is 12.1 Å². The molecule has 1 fully saturated rings. The number of aliphatic hydroxyl groups excluding tert-OH is 1. The first-order valence-corrected chi connectivity index (χ1v) is 6.29. The van der Waals surface area contributed by atoms with Gasteiger partial charge in [0.2, 0.25) is 0 Å². The van der Waals surface area contributed by atoms with Gasteiger partial charge in [-0.25, -0.2) is 14.4 Å². The molecule has 1 saturated carbocycles. The SMILES string of the molecule is OCc1cc(-c2cnc(CF)nc2)nc(C2CC2)c1. The highest BCUT2D eigenvalue weighted by Gasteiger charge is 2.25. The number of hydrogen-bond donors (Lipinski definition) is 1. The normalized spacial score (nSPS) is 14.6. The van der Waals surface area contributed by atoms with E-state index in [-0.39, 0.29) is 12.4 Å². The van der Waals surface area contributed by atoms with Gasteiger partial charge in [-0.1, -0.05) is 0 Å². The van der Waals surface area contributed by atoms with Gasteiger partial charge in [0.05, 0.1) is 12.3 Å². The molecule has 19 heavy (non-hydrogen) atoms. The second-order valence-corrected chi connectivity index (χ2v) is 4.74. The van der Waals surface area contributed by atoms with Crippen molar-refractivity contribution in [1.29, 1.82) is 0 Å². The quantitative estimate of drug-likeness (QED) is 0.915. The maximum atomic E-state index is 12.4. The van der Waals surface area contributed by atoms with Crippen molar-refractivity contribution in [3.63, 3.8) is 0 Å². The van der Waals surface area contributed by atoms with Gasteiger partial charge in [0, 0.05) is 29.6 Å². The van der Waals surface area contributed by atoms with Crippen LogP contribution in [0.1, 0.15) is 35.8 Å². The number of hydrogen-bond acceptors (Lipinski definition) is 4. The maximum Gasteiger partial charge on any atom is 0.159 e. The smallest absolute Gasteiger partial charge is 0.159 e. The molecular weight excluding hydrogens is 245 g/mol. The molecule has 98 valence electrons. The summed E-state index contributed by atoms with van der Waals surface area (Å²) in [5.41, 5.74) is 3.32. The fourth-order valence-electron chi connectivity index (χ4n) is 1.99. The lowest BCUT2D eigenvalue weighted by Crippen LogP contribution is -1.97. The zero-order valence-corrected chi connectivity index (χ0v) is 10.4. The second-order valence-electron chi connectivity index (χ2n) is 4.74. The molecule has 0 saturated heterocycles. The van der Waals surface area contributed by atoms with Crippen LogP contribution in [0.15, 0.2) is 24.5 Å². The molecule has 0 aliphatic heterocycles. The van der Waals surface area contributed by atoms with E-state index in [2.05, 4.69) is 15.0 Å². The fraction of sp³-hybridized carbons (Fsp3) is 0.357. The number of aliphatic hydroxyl groups is 1. The molecule has 5 heteroatoms. The fourth-order valence-corrected chi connectivity index (χ4v) is 1.99. The van der Waals surface area contributed by atoms with Crippen LogP contribution in [0.2, 0.25) is 0 Å². The first-order valence-electron chi connectivity index (χ1n) is 6.29. The standard InChI is InChI=1S/C14H14FN3O/c15-5-14-16-6-11(7-17-14)13-4-9(8-19)3-12(18-13)10-1-2-10/h3-4,6-7,10,19H,1-2,5,8H2. The lowest BCUT2D eigenvalue weighted by atomic mass is 10.1. The lowest BCUT2D eigenvalue weighted by Gasteiger charge is -2.07. The van der Waals surface area contributed by atoms with E-state index in [4.69, 9.17) is 0 Å². The van der Waals surface area contributed by atoms with Crippen LogP contribution in [0.5, 0.6) is 0 Å². The number of rotatable bonds is 4. The molecule has 2 aromatic heterocycles. The Kier molecular flexibility index (Phi) is 3.21. The molecule has 0 amide bonds. The molecule has 1 N–H and O–H groups in total. The average molecular weight is 259 g/mol. The molecule has 0 spiro atoms. The predicted octanol–water partition coefficient (Wildman–Crippen LogP) is 2.38. The van der Waals surface area contributed by atoms with Gasteiger partial charge in [-0.2, -0.15) is 0 Å². The van der Waals surface area contributed by atoms with E-state index in [0.717, 1.165) is 35.4 Å². The lowest BCUT2D eigenvalue weighted by molar-refractivity contribution is 0.281. The third-order valence-electron chi connectivity index (χ3n) is 3.20. The molecule has 3 rings (SSSR count). The summed E-state index contributed by atoms with van der Waals surface area (Å²) in [6.45, 7) is -0.684. The summed E-state index contributed by atoms with van der Waals surface area (Å²) in [5.74, 6) is 0.681. The van der Waals surface area contributed by atoms with Crippen LogP contribution in [0.25, 0.3) is 11.3 Å². The maximum absolute atomic E-state index is 12.4. The van der Waals surface area contributed by atoms with Gasteiger partial charge in [0.15, 0.2) is 5.82 Å². The Bertz CT molecular complexity index is 582. The number of alkyl halides is 1. The van der Waals surface area contributed by atoms with E-state index in [0.29, 0.717) is 5.92 Å². The second kappa shape index (κ2) is 5.01. The minimum atomic E-state index is -0.669. The van der Waals surface area contributed by atoms with E-state index in [1.165, 1.54) is 0 Å². The Morgan fingerprint density at radius 1 is 1.21 bits per heavy atom. The van der Waals surface area contributed by atoms with Crippen LogP contribution in [-0.4, -0.2) is 20.1 Å². The van der Waals surface area contributed by atoms with Gasteiger partial charge < -0.3 is 5.11 Å². The molecule has 0 bridgehead atoms. The molecular formula is C14H14FN3O. The highest BCUT2D eigenvalue weighted by atomic mass is 19.1. The van der Waals surface area contributed by atoms with Crippen molar-refractivity contribution in [3.05, 3.63) is 41.6 Å². The summed E-state index contributed by atoms with van der Waals surface area (Å²) in [4.78, 5) is 12.4. The van der Waals surface area contributed by atoms with Crippen molar-refractivity contribution in [2.45, 2.75) is 32.0 Å². The largest absolute Gasteiger partial charge is 0.392 e. The van der Waals surface area contributed by atoms with Crippen LogP contribution >= 0.6 is 0 Å². The molecule has 1 aliphatic rings. The number of aromatic nitrogens is 3. The van der Waals surface area contributed by atoms with Gasteiger partial charge in [0.25, 0.3) is 0 Å². The van der Waals surface area contributed by atoms with E-state index in [1.54, 1.807) is 12.4 Å². The topological polar surface area (TPSA) is 58.9 Å². The summed E-state index contributed by atoms with van der Waals surface area (Å²) >= 11 is 0. The number of halogens is 1. The average Bonchev–Trinajstić information content (AvgIpc) is 3.31. The van der Waals surface area contributed by atoms with Crippen molar-refractivity contribution in [3.8, 4) is 11.3 Å². The summed E-state index contributed by atoms with van der Waals surface area (Å²) in [6.07, 6.45) is 5.45. The minimum absolute atomic E-state index is 0.0152. The van der Waals surface area contributed by atoms with E-state index < -0.39 is 6.67 Å². The summed E-state index contributed by atoms with van der Waals surface area (Å²) in [5, 5.41) is 9.31. The van der Waals surface area contributed by atoms with Crippen LogP contribution < -0.4 is 0 Å². The number of pyridine rings is 1. The van der Waals surface area contributed by atoms with Gasteiger partial charge in [-0.05, 0) is 30.5 Å². The van der Waals surface area contributed by atoms with Crippen molar-refractivity contribution in [2.24, 2.45) is 0 Å². The molecule has 0 unspecified atom stereocenters. The first kappa shape index (κ1) is 12.2. The highest BCUT2D eigenvalue weighted by molar-refractivity contribution is 5.58. The third-order valence-corrected chi connectivity index (χ3v) is 3.20. The van der Waals surface area contributed by atoms with E-state index in [9.17, 15) is 9.50 Å². The molecule has 4 nitrogen and oxygen atoms in total. The summed E-state index contributed by atoms with van der Waals surface area (Å²) in [7, 11) is 0. The molecule has 0 radical (unpaired) electrons. The molecule has 1 aliphatic carbocycles. The predicted molar refractivity (Wildman–Crippen MR) is 68.0 cm³/mol. The molecule has 0 aromatic carbocycles. The van der Waals surface area contributed by atoms with Crippen LogP contribution in [0.4, 0.5) is 4.39 Å². The van der Waals surface area contributed by atoms with Gasteiger partial charge in [-0.3, -0.25) is 4.98 Å². The van der Waals surface area contributed by atoms with Crippen molar-refractivity contribution in [2.75, 3.05) is 0 Å². The summed E-state index contributed by atoms with van der Waals surface area (Å²) < 4.78 is 12.4. The van der Waals surface area contributed by atoms with Crippen LogP contribution in [0, 0.1) is 0 Å². The Balaban J connectivity index is 1.99. The van der Waals surface area contributed by atoms with Crippen LogP contribution in [0.3, 0.4) is 0 Å². The van der Waals surface area contributed by atoms with Gasteiger partial charge in [0.1, 0.15) is 6.67 Å². The molecule has 0 atom stereocenters. The summed E-state index contributed by atoms with van der Waals surface area (Å²) in [6, 6.07) is 3.76. The molecule has 2 heterocycles. The third kappa shape index (κ3) is 2.61. The Labute approximate surface area is 110 Å². The zero-order chi connectivity index (χ0) is 13.2. The Morgan fingerprint density at radius 2 is 1.95 bits per heavy atom. The van der Waals surface area contributed by atoms with Gasteiger partial charge >= 0.3 is 0 Å². The first-order chi connectivity index (χ1) is 9.30. The van der Waals surface area contributed by atoms with E-state index >= 15 is 0 Å². The monoisotopic (exact) mass is 259 g/mol. The molecule has 2 aromatic rings. The number of nitrogens with zero attached hydrogens (tertiary/aromatic N) is 3. The highest BCUT2D eigenvalue weighted by Crippen LogP contribution is 2.40. The Morgan fingerprint density at radius 3 is 2.53 bits per heavy atom. The van der Waals surface area contributed by atoms with Crippen molar-refractivity contribution >= 4 is 0 Å². The minimum Gasteiger partial charge on any atom is -0.392 e. The van der Waals surface area contributed by atoms with Crippen LogP contribution in [-0.2, 0) is 13.3 Å². The Hall–Kier alpha value is -1.88.